The van der Waals surface area contributed by atoms with Gasteiger partial charge in [-0.2, -0.15) is 4.98 Å². The monoisotopic (exact) mass is 178 g/mol. The van der Waals surface area contributed by atoms with Crippen LogP contribution in [0.1, 0.15) is 0 Å². The summed E-state index contributed by atoms with van der Waals surface area (Å²) in [7, 11) is 2.99. The zero-order valence-electron chi connectivity index (χ0n) is 5.88. The molecule has 3 N–H and O–H groups in total. The predicted octanol–water partition coefficient (Wildman–Crippen LogP) is -0.858. The van der Waals surface area contributed by atoms with Crippen LogP contribution in [0.15, 0.2) is 11.1 Å². The molecule has 2 heterocycles. The number of hydrogen-bond donors (Lipinski definition) is 3. The van der Waals surface area contributed by atoms with Crippen LogP contribution >= 0.6 is 0 Å². The number of aromatic amines is 2. The van der Waals surface area contributed by atoms with Gasteiger partial charge in [0, 0.05) is 0 Å². The van der Waals surface area contributed by atoms with E-state index in [1.807, 2.05) is 0 Å². The van der Waals surface area contributed by atoms with Crippen molar-refractivity contribution in [2.45, 2.75) is 0 Å². The summed E-state index contributed by atoms with van der Waals surface area (Å²) in [6.07, 6.45) is 1.42. The first-order valence-corrected chi connectivity index (χ1v) is 3.67. The first-order valence-electron chi connectivity index (χ1n) is 3.17. The molecule has 0 fully saturated rings. The molecule has 0 spiro atoms. The fourth-order valence-corrected chi connectivity index (χ4v) is 1.02. The number of nitrogens with one attached hydrogen (secondary N) is 3. The van der Waals surface area contributed by atoms with Crippen molar-refractivity contribution in [2.75, 3.05) is 4.98 Å². The highest BCUT2D eigenvalue weighted by atomic mass is 28.2. The van der Waals surface area contributed by atoms with Gasteiger partial charge >= 0.3 is 0 Å². The molecule has 6 nitrogen and oxygen atoms in total. The zero-order valence-corrected chi connectivity index (χ0v) is 6.88. The Bertz CT molecular complexity index is 460. The number of aromatic nitrogens is 4. The lowest BCUT2D eigenvalue weighted by Crippen LogP contribution is -2.11. The molecule has 0 bridgehead atoms. The fourth-order valence-electron chi connectivity index (χ4n) is 0.902. The van der Waals surface area contributed by atoms with E-state index in [0.717, 1.165) is 0 Å². The lowest BCUT2D eigenvalue weighted by molar-refractivity contribution is 1.17. The van der Waals surface area contributed by atoms with Crippen molar-refractivity contribution in [3.8, 4) is 0 Å². The molecule has 0 amide bonds. The van der Waals surface area contributed by atoms with Gasteiger partial charge in [-0.05, 0) is 0 Å². The Labute approximate surface area is 69.9 Å². The van der Waals surface area contributed by atoms with E-state index in [1.54, 1.807) is 0 Å². The molecule has 2 aromatic rings. The quantitative estimate of drug-likeness (QED) is 0.496. The maximum atomic E-state index is 11.2. The minimum atomic E-state index is -0.252. The van der Waals surface area contributed by atoms with Gasteiger partial charge in [0.15, 0.2) is 27.5 Å². The summed E-state index contributed by atoms with van der Waals surface area (Å²) < 4.78 is 0. The van der Waals surface area contributed by atoms with Crippen molar-refractivity contribution < 1.29 is 0 Å². The van der Waals surface area contributed by atoms with Crippen molar-refractivity contribution in [1.82, 2.24) is 19.9 Å². The number of nitrogens with zero attached hydrogens (tertiary/aromatic N) is 2. The van der Waals surface area contributed by atoms with Crippen LogP contribution in [-0.2, 0) is 0 Å². The van der Waals surface area contributed by atoms with Gasteiger partial charge < -0.3 is 9.97 Å². The van der Waals surface area contributed by atoms with E-state index < -0.39 is 0 Å². The number of rotatable bonds is 1. The lowest BCUT2D eigenvalue weighted by Gasteiger charge is -1.95. The zero-order chi connectivity index (χ0) is 8.55. The highest BCUT2D eigenvalue weighted by Gasteiger charge is 2.02. The van der Waals surface area contributed by atoms with E-state index in [-0.39, 0.29) is 5.56 Å². The highest BCUT2D eigenvalue weighted by molar-refractivity contribution is 6.15. The molecule has 0 unspecified atom stereocenters. The van der Waals surface area contributed by atoms with Crippen LogP contribution in [0.25, 0.3) is 11.2 Å². The first kappa shape index (κ1) is 7.04. The Morgan fingerprint density at radius 2 is 2.42 bits per heavy atom. The predicted molar refractivity (Wildman–Crippen MR) is 43.9 cm³/mol. The third-order valence-electron chi connectivity index (χ3n) is 1.41. The molecule has 0 saturated heterocycles. The molecule has 59 valence electrons. The van der Waals surface area contributed by atoms with Gasteiger partial charge in [-0.3, -0.25) is 9.78 Å². The standard InChI is InChI=1S/C5H4N5OSi/c11-4-2-3(7-1-6-2)8-5(9-4)10-12/h1H,(H3,6,7,8,9,10,11). The van der Waals surface area contributed by atoms with Crippen LogP contribution in [-0.4, -0.2) is 30.3 Å². The van der Waals surface area contributed by atoms with Crippen molar-refractivity contribution in [2.24, 2.45) is 0 Å². The molecular formula is C5H4N5OSi. The van der Waals surface area contributed by atoms with Crippen LogP contribution < -0.4 is 10.5 Å². The Morgan fingerprint density at radius 1 is 1.58 bits per heavy atom. The third-order valence-corrected chi connectivity index (χ3v) is 1.65. The molecule has 7 heteroatoms. The molecule has 0 aliphatic heterocycles. The summed E-state index contributed by atoms with van der Waals surface area (Å²) in [6, 6.07) is 0. The second-order valence-corrected chi connectivity index (χ2v) is 2.39. The Hall–Kier alpha value is -1.63. The Kier molecular flexibility index (Phi) is 1.44. The van der Waals surface area contributed by atoms with Gasteiger partial charge in [0.2, 0.25) is 0 Å². The normalized spacial score (nSPS) is 10.4. The minimum absolute atomic E-state index is 0.252. The van der Waals surface area contributed by atoms with Crippen LogP contribution in [0.2, 0.25) is 0 Å². The summed E-state index contributed by atoms with van der Waals surface area (Å²) >= 11 is 0. The van der Waals surface area contributed by atoms with Gasteiger partial charge in [-0.1, -0.05) is 0 Å². The van der Waals surface area contributed by atoms with Crippen LogP contribution in [0.3, 0.4) is 0 Å². The maximum absolute atomic E-state index is 11.2. The molecule has 12 heavy (non-hydrogen) atoms. The van der Waals surface area contributed by atoms with Crippen LogP contribution in [0.5, 0.6) is 0 Å². The second-order valence-electron chi connectivity index (χ2n) is 2.14. The van der Waals surface area contributed by atoms with E-state index in [4.69, 9.17) is 0 Å². The molecule has 2 aromatic heterocycles. The molecule has 0 atom stereocenters. The van der Waals surface area contributed by atoms with E-state index in [0.29, 0.717) is 17.1 Å². The molecular weight excluding hydrogens is 174 g/mol. The number of imidazole rings is 1. The third kappa shape index (κ3) is 0.908. The smallest absolute Gasteiger partial charge is 0.278 e. The van der Waals surface area contributed by atoms with Crippen molar-refractivity contribution in [3.63, 3.8) is 0 Å². The average Bonchev–Trinajstić information content (AvgIpc) is 2.52. The molecule has 0 aliphatic rings. The van der Waals surface area contributed by atoms with E-state index in [1.165, 1.54) is 6.33 Å². The number of hydrogen-bond acceptors (Lipinski definition) is 4. The van der Waals surface area contributed by atoms with E-state index >= 15 is 0 Å². The molecule has 0 aromatic carbocycles. The fraction of sp³-hybridized carbons (Fsp3) is 0. The lowest BCUT2D eigenvalue weighted by atomic mass is 10.5. The summed E-state index contributed by atoms with van der Waals surface area (Å²) in [5.41, 5.74) is 0.512. The SMILES string of the molecule is O=c1[nH]c(N[Si])nc2nc[nH]c12. The topological polar surface area (TPSA) is 86.5 Å². The summed E-state index contributed by atoms with van der Waals surface area (Å²) in [5, 5.41) is 0. The van der Waals surface area contributed by atoms with Crippen molar-refractivity contribution >= 4 is 27.5 Å². The van der Waals surface area contributed by atoms with Gasteiger partial charge in [0.05, 0.1) is 6.33 Å². The van der Waals surface area contributed by atoms with Gasteiger partial charge in [0.25, 0.3) is 5.56 Å². The average molecular weight is 178 g/mol. The van der Waals surface area contributed by atoms with E-state index in [2.05, 4.69) is 35.3 Å². The largest absolute Gasteiger partial charge is 0.383 e. The number of fused-ring (bicyclic) bond motifs is 1. The summed E-state index contributed by atoms with van der Waals surface area (Å²) in [4.78, 5) is 26.7. The molecule has 0 aliphatic carbocycles. The highest BCUT2D eigenvalue weighted by Crippen LogP contribution is 2.00. The van der Waals surface area contributed by atoms with E-state index in [9.17, 15) is 4.79 Å². The van der Waals surface area contributed by atoms with Crippen molar-refractivity contribution in [3.05, 3.63) is 16.7 Å². The Morgan fingerprint density at radius 3 is 3.17 bits per heavy atom. The van der Waals surface area contributed by atoms with Gasteiger partial charge in [-0.15, -0.1) is 0 Å². The minimum Gasteiger partial charge on any atom is -0.383 e. The molecule has 2 rings (SSSR count). The Balaban J connectivity index is 2.84. The number of H-pyrrole nitrogens is 2. The number of anilines is 1. The molecule has 3 radical (unpaired) electrons. The second kappa shape index (κ2) is 2.45. The van der Waals surface area contributed by atoms with Gasteiger partial charge in [0.1, 0.15) is 0 Å². The first-order chi connectivity index (χ1) is 5.81. The summed E-state index contributed by atoms with van der Waals surface area (Å²) in [5.74, 6) is 0.330. The van der Waals surface area contributed by atoms with Gasteiger partial charge in [-0.25, -0.2) is 4.98 Å². The molecule has 0 saturated carbocycles. The van der Waals surface area contributed by atoms with Crippen LogP contribution in [0.4, 0.5) is 5.95 Å². The maximum Gasteiger partial charge on any atom is 0.278 e. The summed E-state index contributed by atoms with van der Waals surface area (Å²) in [6.45, 7) is 0. The van der Waals surface area contributed by atoms with Crippen LogP contribution in [0, 0.1) is 0 Å². The van der Waals surface area contributed by atoms with Crippen molar-refractivity contribution in [1.29, 1.82) is 0 Å².